The molecule has 0 radical (unpaired) electrons. The first kappa shape index (κ1) is 15.2. The first-order valence-corrected chi connectivity index (χ1v) is 8.07. The van der Waals surface area contributed by atoms with Crippen molar-refractivity contribution in [1.82, 2.24) is 20.1 Å². The number of hydrogen-bond acceptors (Lipinski definition) is 4. The molecule has 22 heavy (non-hydrogen) atoms. The van der Waals surface area contributed by atoms with Crippen LogP contribution < -0.4 is 5.32 Å². The fraction of sp³-hybridized carbons (Fsp3) is 0.625. The van der Waals surface area contributed by atoms with Crippen LogP contribution in [0.5, 0.6) is 0 Å². The van der Waals surface area contributed by atoms with Gasteiger partial charge in [0.05, 0.1) is 6.10 Å². The number of carbonyl (C=O) groups is 1. The molecule has 0 spiro atoms. The highest BCUT2D eigenvalue weighted by molar-refractivity contribution is 5.74. The van der Waals surface area contributed by atoms with Crippen LogP contribution in [0, 0.1) is 0 Å². The summed E-state index contributed by atoms with van der Waals surface area (Å²) < 4.78 is 5.68. The van der Waals surface area contributed by atoms with Crippen molar-refractivity contribution >= 4 is 6.03 Å². The largest absolute Gasteiger partial charge is 0.377 e. The smallest absolute Gasteiger partial charge is 0.317 e. The van der Waals surface area contributed by atoms with Gasteiger partial charge in [0, 0.05) is 58.3 Å². The first-order chi connectivity index (χ1) is 10.8. The van der Waals surface area contributed by atoms with Crippen molar-refractivity contribution in [2.45, 2.75) is 25.5 Å². The van der Waals surface area contributed by atoms with Gasteiger partial charge < -0.3 is 15.0 Å². The van der Waals surface area contributed by atoms with Crippen molar-refractivity contribution in [3.05, 3.63) is 30.1 Å². The van der Waals surface area contributed by atoms with Gasteiger partial charge in [0.2, 0.25) is 0 Å². The Hall–Kier alpha value is -1.66. The minimum atomic E-state index is 0.0145. The Kier molecular flexibility index (Phi) is 5.24. The third-order valence-electron chi connectivity index (χ3n) is 4.31. The zero-order valence-electron chi connectivity index (χ0n) is 12.9. The van der Waals surface area contributed by atoms with Crippen molar-refractivity contribution < 1.29 is 9.53 Å². The summed E-state index contributed by atoms with van der Waals surface area (Å²) in [6, 6.07) is 3.86. The van der Waals surface area contributed by atoms with Crippen LogP contribution in [0.15, 0.2) is 24.5 Å². The third-order valence-corrected chi connectivity index (χ3v) is 4.31. The SMILES string of the molecule is O=C(NCc1cccnc1)N1CCN(CC2CCCO2)CC1. The lowest BCUT2D eigenvalue weighted by Crippen LogP contribution is -2.52. The lowest BCUT2D eigenvalue weighted by molar-refractivity contribution is 0.0561. The molecule has 1 atom stereocenters. The van der Waals surface area contributed by atoms with Crippen molar-refractivity contribution in [2.24, 2.45) is 0 Å². The van der Waals surface area contributed by atoms with Crippen LogP contribution in [0.4, 0.5) is 4.79 Å². The van der Waals surface area contributed by atoms with Crippen molar-refractivity contribution in [1.29, 1.82) is 0 Å². The monoisotopic (exact) mass is 304 g/mol. The van der Waals surface area contributed by atoms with Crippen LogP contribution in [0.2, 0.25) is 0 Å². The van der Waals surface area contributed by atoms with E-state index in [1.807, 2.05) is 17.0 Å². The summed E-state index contributed by atoms with van der Waals surface area (Å²) >= 11 is 0. The van der Waals surface area contributed by atoms with E-state index >= 15 is 0 Å². The summed E-state index contributed by atoms with van der Waals surface area (Å²) in [5.41, 5.74) is 1.02. The zero-order chi connectivity index (χ0) is 15.2. The van der Waals surface area contributed by atoms with E-state index in [0.29, 0.717) is 12.6 Å². The highest BCUT2D eigenvalue weighted by atomic mass is 16.5. The Morgan fingerprint density at radius 3 is 2.91 bits per heavy atom. The number of pyridine rings is 1. The molecule has 2 saturated heterocycles. The van der Waals surface area contributed by atoms with Gasteiger partial charge in [-0.1, -0.05) is 6.07 Å². The van der Waals surface area contributed by atoms with Gasteiger partial charge in [-0.15, -0.1) is 0 Å². The number of carbonyl (C=O) groups excluding carboxylic acids is 1. The predicted molar refractivity (Wildman–Crippen MR) is 83.5 cm³/mol. The molecule has 0 aliphatic carbocycles. The van der Waals surface area contributed by atoms with Gasteiger partial charge in [0.15, 0.2) is 0 Å². The summed E-state index contributed by atoms with van der Waals surface area (Å²) in [5.74, 6) is 0. The second kappa shape index (κ2) is 7.56. The Bertz CT molecular complexity index is 468. The third kappa shape index (κ3) is 4.18. The zero-order valence-corrected chi connectivity index (χ0v) is 12.9. The molecule has 1 N–H and O–H groups in total. The summed E-state index contributed by atoms with van der Waals surface area (Å²) in [6.45, 7) is 5.87. The molecular formula is C16H24N4O2. The number of piperazine rings is 1. The maximum atomic E-state index is 12.2. The van der Waals surface area contributed by atoms with E-state index in [-0.39, 0.29) is 6.03 Å². The molecule has 2 fully saturated rings. The maximum absolute atomic E-state index is 12.2. The van der Waals surface area contributed by atoms with E-state index in [1.54, 1.807) is 12.4 Å². The van der Waals surface area contributed by atoms with Gasteiger partial charge in [-0.3, -0.25) is 9.88 Å². The topological polar surface area (TPSA) is 57.7 Å². The van der Waals surface area contributed by atoms with E-state index in [0.717, 1.165) is 44.9 Å². The molecule has 2 aliphatic rings. The molecule has 6 heteroatoms. The Balaban J connectivity index is 1.38. The minimum absolute atomic E-state index is 0.0145. The number of rotatable bonds is 4. The van der Waals surface area contributed by atoms with Crippen LogP contribution in [-0.4, -0.2) is 66.2 Å². The van der Waals surface area contributed by atoms with Crippen LogP contribution in [0.3, 0.4) is 0 Å². The summed E-state index contributed by atoms with van der Waals surface area (Å²) in [5, 5.41) is 2.96. The molecule has 6 nitrogen and oxygen atoms in total. The molecule has 3 heterocycles. The number of ether oxygens (including phenoxy) is 1. The second-order valence-electron chi connectivity index (χ2n) is 5.94. The second-order valence-corrected chi connectivity index (χ2v) is 5.94. The molecular weight excluding hydrogens is 280 g/mol. The van der Waals surface area contributed by atoms with E-state index in [9.17, 15) is 4.79 Å². The number of nitrogens with one attached hydrogen (secondary N) is 1. The van der Waals surface area contributed by atoms with Crippen molar-refractivity contribution in [3.8, 4) is 0 Å². The molecule has 1 aromatic heterocycles. The van der Waals surface area contributed by atoms with E-state index in [4.69, 9.17) is 4.74 Å². The predicted octanol–water partition coefficient (Wildman–Crippen LogP) is 1.09. The number of aromatic nitrogens is 1. The van der Waals surface area contributed by atoms with Crippen LogP contribution in [0.25, 0.3) is 0 Å². The molecule has 0 aromatic carbocycles. The number of amides is 2. The Morgan fingerprint density at radius 2 is 2.23 bits per heavy atom. The average molecular weight is 304 g/mol. The highest BCUT2D eigenvalue weighted by Crippen LogP contribution is 2.14. The average Bonchev–Trinajstić information content (AvgIpc) is 3.07. The van der Waals surface area contributed by atoms with Gasteiger partial charge in [0.25, 0.3) is 0 Å². The molecule has 2 aliphatic heterocycles. The van der Waals surface area contributed by atoms with Gasteiger partial charge in [0.1, 0.15) is 0 Å². The molecule has 2 amide bonds. The van der Waals surface area contributed by atoms with Crippen molar-refractivity contribution in [2.75, 3.05) is 39.3 Å². The maximum Gasteiger partial charge on any atom is 0.317 e. The van der Waals surface area contributed by atoms with Crippen LogP contribution >= 0.6 is 0 Å². The highest BCUT2D eigenvalue weighted by Gasteiger charge is 2.24. The van der Waals surface area contributed by atoms with Crippen LogP contribution in [0.1, 0.15) is 18.4 Å². The lowest BCUT2D eigenvalue weighted by Gasteiger charge is -2.35. The van der Waals surface area contributed by atoms with Crippen LogP contribution in [-0.2, 0) is 11.3 Å². The number of hydrogen-bond donors (Lipinski definition) is 1. The summed E-state index contributed by atoms with van der Waals surface area (Å²) in [6.07, 6.45) is 6.26. The Labute approximate surface area is 131 Å². The minimum Gasteiger partial charge on any atom is -0.377 e. The quantitative estimate of drug-likeness (QED) is 0.904. The fourth-order valence-electron chi connectivity index (χ4n) is 3.00. The van der Waals surface area contributed by atoms with Crippen molar-refractivity contribution in [3.63, 3.8) is 0 Å². The van der Waals surface area contributed by atoms with E-state index in [1.165, 1.54) is 12.8 Å². The molecule has 1 aromatic rings. The molecule has 1 unspecified atom stereocenters. The van der Waals surface area contributed by atoms with Gasteiger partial charge in [-0.05, 0) is 24.5 Å². The number of urea groups is 1. The molecule has 3 rings (SSSR count). The van der Waals surface area contributed by atoms with E-state index < -0.39 is 0 Å². The van der Waals surface area contributed by atoms with Gasteiger partial charge in [-0.2, -0.15) is 0 Å². The standard InChI is InChI=1S/C16H24N4O2/c21-16(18-12-14-3-1-5-17-11-14)20-8-6-19(7-9-20)13-15-4-2-10-22-15/h1,3,5,11,15H,2,4,6-10,12-13H2,(H,18,21). The normalized spacial score (nSPS) is 22.7. The summed E-state index contributed by atoms with van der Waals surface area (Å²) in [4.78, 5) is 20.5. The fourth-order valence-corrected chi connectivity index (χ4v) is 3.00. The first-order valence-electron chi connectivity index (χ1n) is 8.07. The summed E-state index contributed by atoms with van der Waals surface area (Å²) in [7, 11) is 0. The number of nitrogens with zero attached hydrogens (tertiary/aromatic N) is 3. The molecule has 0 bridgehead atoms. The lowest BCUT2D eigenvalue weighted by atomic mass is 10.2. The van der Waals surface area contributed by atoms with Gasteiger partial charge >= 0.3 is 6.03 Å². The molecule has 0 saturated carbocycles. The van der Waals surface area contributed by atoms with E-state index in [2.05, 4.69) is 15.2 Å². The van der Waals surface area contributed by atoms with Gasteiger partial charge in [-0.25, -0.2) is 4.79 Å². The molecule has 120 valence electrons. The Morgan fingerprint density at radius 1 is 1.36 bits per heavy atom.